The van der Waals surface area contributed by atoms with Crippen LogP contribution in [-0.4, -0.2) is 45.9 Å². The highest BCUT2D eigenvalue weighted by molar-refractivity contribution is 5.62. The fourth-order valence-corrected chi connectivity index (χ4v) is 6.01. The average molecular weight is 313 g/mol. The Hall–Kier alpha value is -1.52. The van der Waals surface area contributed by atoms with E-state index in [2.05, 4.69) is 11.5 Å². The molecule has 2 heterocycles. The Balaban J connectivity index is 1.78. The lowest BCUT2D eigenvalue weighted by molar-refractivity contribution is -0.183. The van der Waals surface area contributed by atoms with Crippen LogP contribution in [0.15, 0.2) is 24.8 Å². The number of ether oxygens (including phenoxy) is 1. The average Bonchev–Trinajstić information content (AvgIpc) is 2.87. The number of phenolic OH excluding ortho intramolecular Hbond substituents is 1. The molecule has 4 atom stereocenters. The molecule has 5 rings (SSSR count). The molecule has 23 heavy (non-hydrogen) atoms. The summed E-state index contributed by atoms with van der Waals surface area (Å²) in [4.78, 5) is 2.38. The van der Waals surface area contributed by atoms with Gasteiger partial charge in [-0.2, -0.15) is 0 Å². The Morgan fingerprint density at radius 3 is 3.09 bits per heavy atom. The zero-order valence-corrected chi connectivity index (χ0v) is 13.3. The van der Waals surface area contributed by atoms with E-state index in [9.17, 15) is 10.2 Å². The molecule has 1 saturated heterocycles. The van der Waals surface area contributed by atoms with Crippen molar-refractivity contribution in [3.05, 3.63) is 35.9 Å². The predicted molar refractivity (Wildman–Crippen MR) is 86.9 cm³/mol. The number of aromatic hydroxyl groups is 1. The summed E-state index contributed by atoms with van der Waals surface area (Å²) in [7, 11) is 0. The van der Waals surface area contributed by atoms with Gasteiger partial charge in [-0.3, -0.25) is 4.90 Å². The molecule has 1 spiro atoms. The van der Waals surface area contributed by atoms with Crippen LogP contribution in [0.5, 0.6) is 11.5 Å². The molecule has 1 saturated carbocycles. The van der Waals surface area contributed by atoms with Gasteiger partial charge in [0, 0.05) is 18.2 Å². The maximum absolute atomic E-state index is 11.9. The first-order chi connectivity index (χ1) is 11.1. The van der Waals surface area contributed by atoms with Gasteiger partial charge < -0.3 is 14.9 Å². The molecule has 2 N–H and O–H groups in total. The van der Waals surface area contributed by atoms with Crippen LogP contribution in [-0.2, 0) is 11.8 Å². The van der Waals surface area contributed by atoms with Crippen molar-refractivity contribution in [2.75, 3.05) is 13.1 Å². The zero-order chi connectivity index (χ0) is 15.8. The minimum absolute atomic E-state index is 0.00280. The van der Waals surface area contributed by atoms with E-state index in [0.717, 1.165) is 50.8 Å². The molecule has 2 fully saturated rings. The van der Waals surface area contributed by atoms with Gasteiger partial charge in [0.15, 0.2) is 11.5 Å². The third kappa shape index (κ3) is 1.41. The van der Waals surface area contributed by atoms with E-state index >= 15 is 0 Å². The first kappa shape index (κ1) is 13.9. The van der Waals surface area contributed by atoms with Crippen molar-refractivity contribution < 1.29 is 14.9 Å². The molecule has 0 amide bonds. The molecule has 2 bridgehead atoms. The van der Waals surface area contributed by atoms with Crippen LogP contribution < -0.4 is 4.74 Å². The predicted octanol–water partition coefficient (Wildman–Crippen LogP) is 2.12. The number of rotatable bonds is 2. The molecule has 2 aliphatic carbocycles. The van der Waals surface area contributed by atoms with E-state index in [1.165, 1.54) is 5.56 Å². The van der Waals surface area contributed by atoms with Crippen LogP contribution in [0.2, 0.25) is 0 Å². The summed E-state index contributed by atoms with van der Waals surface area (Å²) in [6.07, 6.45) is 6.41. The maximum Gasteiger partial charge on any atom is 0.165 e. The van der Waals surface area contributed by atoms with Crippen LogP contribution in [0, 0.1) is 0 Å². The fourth-order valence-electron chi connectivity index (χ4n) is 6.01. The summed E-state index contributed by atoms with van der Waals surface area (Å²) < 4.78 is 6.22. The van der Waals surface area contributed by atoms with Crippen LogP contribution >= 0.6 is 0 Å². The highest BCUT2D eigenvalue weighted by atomic mass is 16.5. The molecular formula is C19H23NO3. The van der Waals surface area contributed by atoms with E-state index in [4.69, 9.17) is 4.74 Å². The van der Waals surface area contributed by atoms with Crippen LogP contribution in [0.25, 0.3) is 0 Å². The van der Waals surface area contributed by atoms with Gasteiger partial charge >= 0.3 is 0 Å². The number of aliphatic hydroxyl groups is 1. The number of benzene rings is 1. The lowest BCUT2D eigenvalue weighted by atomic mass is 9.49. The second-order valence-electron chi connectivity index (χ2n) is 7.60. The summed E-state index contributed by atoms with van der Waals surface area (Å²) >= 11 is 0. The largest absolute Gasteiger partial charge is 0.504 e. The van der Waals surface area contributed by atoms with E-state index in [0.29, 0.717) is 5.75 Å². The number of hydrogen-bond donors (Lipinski definition) is 2. The van der Waals surface area contributed by atoms with E-state index in [-0.39, 0.29) is 23.3 Å². The van der Waals surface area contributed by atoms with Crippen molar-refractivity contribution in [3.8, 4) is 11.5 Å². The summed E-state index contributed by atoms with van der Waals surface area (Å²) in [5.41, 5.74) is 1.25. The van der Waals surface area contributed by atoms with Crippen molar-refractivity contribution in [3.63, 3.8) is 0 Å². The van der Waals surface area contributed by atoms with Crippen molar-refractivity contribution in [1.29, 1.82) is 0 Å². The topological polar surface area (TPSA) is 52.9 Å². The quantitative estimate of drug-likeness (QED) is 0.821. The van der Waals surface area contributed by atoms with Crippen LogP contribution in [0.1, 0.15) is 36.8 Å². The number of nitrogens with zero attached hydrogens (tertiary/aromatic N) is 1. The molecule has 0 radical (unpaired) electrons. The normalized spacial score (nSPS) is 40.4. The highest BCUT2D eigenvalue weighted by Crippen LogP contribution is 2.65. The monoisotopic (exact) mass is 313 g/mol. The summed E-state index contributed by atoms with van der Waals surface area (Å²) in [6.45, 7) is 5.65. The molecule has 4 aliphatic rings. The first-order valence-electron chi connectivity index (χ1n) is 8.71. The van der Waals surface area contributed by atoms with Gasteiger partial charge in [0.1, 0.15) is 6.10 Å². The lowest BCUT2D eigenvalue weighted by Crippen LogP contribution is -2.75. The van der Waals surface area contributed by atoms with Gasteiger partial charge in [0.05, 0.1) is 11.0 Å². The van der Waals surface area contributed by atoms with Crippen LogP contribution in [0.3, 0.4) is 0 Å². The minimum Gasteiger partial charge on any atom is -0.504 e. The Labute approximate surface area is 136 Å². The lowest BCUT2D eigenvalue weighted by Gasteiger charge is -2.63. The van der Waals surface area contributed by atoms with Gasteiger partial charge in [-0.25, -0.2) is 0 Å². The van der Waals surface area contributed by atoms with Gasteiger partial charge in [-0.05, 0) is 50.3 Å². The van der Waals surface area contributed by atoms with Gasteiger partial charge in [-0.15, -0.1) is 6.58 Å². The van der Waals surface area contributed by atoms with Crippen molar-refractivity contribution >= 4 is 0 Å². The smallest absolute Gasteiger partial charge is 0.165 e. The molecule has 122 valence electrons. The number of piperidine rings is 1. The summed E-state index contributed by atoms with van der Waals surface area (Å²) in [5.74, 6) is 0.866. The van der Waals surface area contributed by atoms with Crippen molar-refractivity contribution in [1.82, 2.24) is 4.90 Å². The summed E-state index contributed by atoms with van der Waals surface area (Å²) in [5, 5.41) is 22.2. The third-order valence-electron chi connectivity index (χ3n) is 6.84. The van der Waals surface area contributed by atoms with E-state index in [1.54, 1.807) is 6.07 Å². The molecule has 2 unspecified atom stereocenters. The molecule has 2 aliphatic heterocycles. The molecule has 4 nitrogen and oxygen atoms in total. The van der Waals surface area contributed by atoms with Crippen molar-refractivity contribution in [2.24, 2.45) is 0 Å². The minimum atomic E-state index is -0.761. The van der Waals surface area contributed by atoms with Gasteiger partial charge in [0.25, 0.3) is 0 Å². The highest BCUT2D eigenvalue weighted by Gasteiger charge is 2.70. The molecule has 4 heteroatoms. The Morgan fingerprint density at radius 1 is 1.39 bits per heavy atom. The van der Waals surface area contributed by atoms with Crippen molar-refractivity contribution in [2.45, 2.75) is 55.3 Å². The zero-order valence-electron chi connectivity index (χ0n) is 13.3. The molecule has 1 aromatic carbocycles. The van der Waals surface area contributed by atoms with E-state index < -0.39 is 5.60 Å². The van der Waals surface area contributed by atoms with E-state index in [1.807, 2.05) is 12.1 Å². The summed E-state index contributed by atoms with van der Waals surface area (Å²) in [6, 6.07) is 3.89. The SMILES string of the molecule is C=CCN1CC[C@]23c4c5ccc(O)c4O[C@H]2CCCC3(O)C1C5. The number of likely N-dealkylation sites (tertiary alicyclic amines) is 1. The molecule has 1 aromatic rings. The fraction of sp³-hybridized carbons (Fsp3) is 0.579. The van der Waals surface area contributed by atoms with Crippen LogP contribution in [0.4, 0.5) is 0 Å². The van der Waals surface area contributed by atoms with Gasteiger partial charge in [0.2, 0.25) is 0 Å². The second kappa shape index (κ2) is 4.31. The Bertz CT molecular complexity index is 702. The number of hydrogen-bond acceptors (Lipinski definition) is 4. The number of phenols is 1. The first-order valence-corrected chi connectivity index (χ1v) is 8.71. The Morgan fingerprint density at radius 2 is 2.26 bits per heavy atom. The third-order valence-corrected chi connectivity index (χ3v) is 6.84. The Kier molecular flexibility index (Phi) is 2.60. The molecule has 0 aromatic heterocycles. The second-order valence-corrected chi connectivity index (χ2v) is 7.60. The van der Waals surface area contributed by atoms with Gasteiger partial charge in [-0.1, -0.05) is 12.1 Å². The molecular weight excluding hydrogens is 290 g/mol. The standard InChI is InChI=1S/C19H23NO3/c1-2-9-20-10-8-18-15-4-3-7-19(18,22)14(20)11-12-5-6-13(21)17(23-15)16(12)18/h2,5-6,14-15,21-22H,1,3-4,7-11H2/t14?,15-,18+,19?/m0/s1. The maximum atomic E-state index is 11.9.